The first kappa shape index (κ1) is 16.0. The molecule has 6 nitrogen and oxygen atoms in total. The number of amides is 1. The van der Waals surface area contributed by atoms with E-state index in [1.165, 1.54) is 36.6 Å². The van der Waals surface area contributed by atoms with E-state index in [4.69, 9.17) is 9.88 Å². The quantitative estimate of drug-likeness (QED) is 0.836. The van der Waals surface area contributed by atoms with E-state index in [0.29, 0.717) is 20.8 Å². The molecule has 21 heavy (non-hydrogen) atoms. The SMILES string of the molecule is COc1ccsc1C(=O)Nc1ccc(S(N)(=O)=O)cc1Br. The van der Waals surface area contributed by atoms with E-state index >= 15 is 0 Å². The van der Waals surface area contributed by atoms with Gasteiger partial charge in [-0.25, -0.2) is 13.6 Å². The number of benzene rings is 1. The van der Waals surface area contributed by atoms with Crippen molar-refractivity contribution in [2.75, 3.05) is 12.4 Å². The molecule has 0 atom stereocenters. The van der Waals surface area contributed by atoms with Gasteiger partial charge in [0.2, 0.25) is 10.0 Å². The summed E-state index contributed by atoms with van der Waals surface area (Å²) >= 11 is 4.45. The molecule has 1 amide bonds. The Morgan fingerprint density at radius 2 is 2.10 bits per heavy atom. The summed E-state index contributed by atoms with van der Waals surface area (Å²) in [7, 11) is -2.30. The highest BCUT2D eigenvalue weighted by atomic mass is 79.9. The number of nitrogens with two attached hydrogens (primary N) is 1. The Labute approximate surface area is 134 Å². The molecule has 1 aromatic heterocycles. The highest BCUT2D eigenvalue weighted by Gasteiger charge is 2.16. The first-order valence-corrected chi connectivity index (χ1v) is 8.80. The second kappa shape index (κ2) is 6.14. The van der Waals surface area contributed by atoms with E-state index in [0.717, 1.165) is 0 Å². The number of hydrogen-bond acceptors (Lipinski definition) is 5. The fraction of sp³-hybridized carbons (Fsp3) is 0.0833. The van der Waals surface area contributed by atoms with Crippen LogP contribution in [0.15, 0.2) is 39.0 Å². The zero-order valence-electron chi connectivity index (χ0n) is 10.8. The summed E-state index contributed by atoms with van der Waals surface area (Å²) in [5.74, 6) is 0.140. The van der Waals surface area contributed by atoms with E-state index in [2.05, 4.69) is 21.2 Å². The molecule has 0 saturated carbocycles. The first-order chi connectivity index (χ1) is 9.82. The number of anilines is 1. The number of thiophene rings is 1. The van der Waals surface area contributed by atoms with Gasteiger partial charge >= 0.3 is 0 Å². The zero-order chi connectivity index (χ0) is 15.6. The van der Waals surface area contributed by atoms with Gasteiger partial charge in [-0.15, -0.1) is 11.3 Å². The van der Waals surface area contributed by atoms with Gasteiger partial charge in [0.25, 0.3) is 5.91 Å². The number of sulfonamides is 1. The van der Waals surface area contributed by atoms with Gasteiger partial charge < -0.3 is 10.1 Å². The second-order valence-corrected chi connectivity index (χ2v) is 7.29. The van der Waals surface area contributed by atoms with Crippen LogP contribution in [0.2, 0.25) is 0 Å². The molecule has 0 radical (unpaired) electrons. The van der Waals surface area contributed by atoms with Gasteiger partial charge in [0.05, 0.1) is 17.7 Å². The van der Waals surface area contributed by atoms with Gasteiger partial charge in [0.1, 0.15) is 10.6 Å². The van der Waals surface area contributed by atoms with Crippen molar-refractivity contribution in [3.8, 4) is 5.75 Å². The molecular formula is C12H11BrN2O4S2. The van der Waals surface area contributed by atoms with Crippen molar-refractivity contribution in [1.82, 2.24) is 0 Å². The average molecular weight is 391 g/mol. The van der Waals surface area contributed by atoms with Crippen molar-refractivity contribution in [3.63, 3.8) is 0 Å². The fourth-order valence-corrected chi connectivity index (χ4v) is 3.50. The number of methoxy groups -OCH3 is 1. The van der Waals surface area contributed by atoms with E-state index in [1.54, 1.807) is 11.4 Å². The van der Waals surface area contributed by atoms with E-state index < -0.39 is 10.0 Å². The normalized spacial score (nSPS) is 11.2. The molecule has 0 unspecified atom stereocenters. The van der Waals surface area contributed by atoms with Gasteiger partial charge in [-0.2, -0.15) is 0 Å². The lowest BCUT2D eigenvalue weighted by Gasteiger charge is -2.08. The Balaban J connectivity index is 2.26. The third-order valence-corrected chi connectivity index (χ3v) is 5.03. The molecule has 1 aromatic carbocycles. The maximum atomic E-state index is 12.1. The lowest BCUT2D eigenvalue weighted by atomic mass is 10.3. The number of primary sulfonamides is 1. The van der Waals surface area contributed by atoms with Crippen molar-refractivity contribution < 1.29 is 17.9 Å². The number of ether oxygens (including phenoxy) is 1. The summed E-state index contributed by atoms with van der Waals surface area (Å²) in [6.07, 6.45) is 0. The molecule has 0 bridgehead atoms. The average Bonchev–Trinajstić information content (AvgIpc) is 2.88. The van der Waals surface area contributed by atoms with E-state index in [-0.39, 0.29) is 10.8 Å². The van der Waals surface area contributed by atoms with E-state index in [9.17, 15) is 13.2 Å². The van der Waals surface area contributed by atoms with Crippen molar-refractivity contribution in [2.45, 2.75) is 4.90 Å². The highest BCUT2D eigenvalue weighted by Crippen LogP contribution is 2.29. The molecule has 0 aliphatic carbocycles. The van der Waals surface area contributed by atoms with E-state index in [1.807, 2.05) is 0 Å². The Morgan fingerprint density at radius 1 is 1.38 bits per heavy atom. The van der Waals surface area contributed by atoms with Crippen LogP contribution in [0, 0.1) is 0 Å². The summed E-state index contributed by atoms with van der Waals surface area (Å²) in [5, 5.41) is 9.46. The molecular weight excluding hydrogens is 380 g/mol. The Hall–Kier alpha value is -1.42. The van der Waals surface area contributed by atoms with Crippen molar-refractivity contribution in [1.29, 1.82) is 0 Å². The molecule has 0 aliphatic rings. The Bertz CT molecular complexity index is 786. The van der Waals surface area contributed by atoms with Crippen LogP contribution in [0.5, 0.6) is 5.75 Å². The summed E-state index contributed by atoms with van der Waals surface area (Å²) in [4.78, 5) is 12.5. The summed E-state index contributed by atoms with van der Waals surface area (Å²) in [5.41, 5.74) is 0.433. The first-order valence-electron chi connectivity index (χ1n) is 5.58. The van der Waals surface area contributed by atoms with Crippen LogP contribution < -0.4 is 15.2 Å². The Kier molecular flexibility index (Phi) is 4.67. The van der Waals surface area contributed by atoms with Gasteiger partial charge in [-0.05, 0) is 45.6 Å². The topological polar surface area (TPSA) is 98.5 Å². The van der Waals surface area contributed by atoms with Gasteiger partial charge in [-0.3, -0.25) is 4.79 Å². The minimum atomic E-state index is -3.79. The van der Waals surface area contributed by atoms with Crippen molar-refractivity contribution in [3.05, 3.63) is 39.0 Å². The molecule has 112 valence electrons. The molecule has 9 heteroatoms. The van der Waals surface area contributed by atoms with Gasteiger partial charge in [0, 0.05) is 4.47 Å². The third-order valence-electron chi connectivity index (χ3n) is 2.57. The largest absolute Gasteiger partial charge is 0.495 e. The van der Waals surface area contributed by atoms with Crippen LogP contribution in [0.3, 0.4) is 0 Å². The van der Waals surface area contributed by atoms with Gasteiger partial charge in [0.15, 0.2) is 0 Å². The fourth-order valence-electron chi connectivity index (χ4n) is 1.58. The summed E-state index contributed by atoms with van der Waals surface area (Å²) in [6.45, 7) is 0. The number of hydrogen-bond donors (Lipinski definition) is 2. The molecule has 1 heterocycles. The predicted molar refractivity (Wildman–Crippen MR) is 84.3 cm³/mol. The van der Waals surface area contributed by atoms with Crippen LogP contribution in [-0.2, 0) is 10.0 Å². The lowest BCUT2D eigenvalue weighted by Crippen LogP contribution is -2.14. The molecule has 2 rings (SSSR count). The van der Waals surface area contributed by atoms with Crippen LogP contribution >= 0.6 is 27.3 Å². The molecule has 0 saturated heterocycles. The molecule has 0 spiro atoms. The van der Waals surface area contributed by atoms with Crippen molar-refractivity contribution >= 4 is 48.9 Å². The molecule has 0 fully saturated rings. The van der Waals surface area contributed by atoms with Crippen LogP contribution in [-0.4, -0.2) is 21.4 Å². The predicted octanol–water partition coefficient (Wildman–Crippen LogP) is 2.42. The monoisotopic (exact) mass is 390 g/mol. The molecule has 2 aromatic rings. The molecule has 3 N–H and O–H groups in total. The number of halogens is 1. The zero-order valence-corrected chi connectivity index (χ0v) is 14.0. The number of nitrogens with one attached hydrogen (secondary N) is 1. The van der Waals surface area contributed by atoms with Crippen LogP contribution in [0.1, 0.15) is 9.67 Å². The van der Waals surface area contributed by atoms with Crippen LogP contribution in [0.4, 0.5) is 5.69 Å². The van der Waals surface area contributed by atoms with Gasteiger partial charge in [-0.1, -0.05) is 0 Å². The number of carbonyl (C=O) groups is 1. The second-order valence-electron chi connectivity index (χ2n) is 3.96. The third kappa shape index (κ3) is 3.62. The Morgan fingerprint density at radius 3 is 2.67 bits per heavy atom. The lowest BCUT2D eigenvalue weighted by molar-refractivity contribution is 0.102. The smallest absolute Gasteiger partial charge is 0.269 e. The highest BCUT2D eigenvalue weighted by molar-refractivity contribution is 9.10. The van der Waals surface area contributed by atoms with Crippen LogP contribution in [0.25, 0.3) is 0 Å². The minimum Gasteiger partial charge on any atom is -0.495 e. The maximum absolute atomic E-state index is 12.1. The summed E-state index contributed by atoms with van der Waals surface area (Å²) in [6, 6.07) is 5.80. The number of rotatable bonds is 4. The minimum absolute atomic E-state index is 0.0407. The number of carbonyl (C=O) groups excluding carboxylic acids is 1. The van der Waals surface area contributed by atoms with Crippen molar-refractivity contribution in [2.24, 2.45) is 5.14 Å². The standard InChI is InChI=1S/C12H11BrN2O4S2/c1-19-10-4-5-20-11(10)12(16)15-9-3-2-7(6-8(9)13)21(14,17)18/h2-6H,1H3,(H,15,16)(H2,14,17,18). The molecule has 0 aliphatic heterocycles. The maximum Gasteiger partial charge on any atom is 0.269 e. The summed E-state index contributed by atoms with van der Waals surface area (Å²) < 4.78 is 28.0.